The molecule has 1 aromatic rings. The van der Waals surface area contributed by atoms with Crippen LogP contribution in [-0.4, -0.2) is 32.0 Å². The zero-order chi connectivity index (χ0) is 13.7. The van der Waals surface area contributed by atoms with Crippen molar-refractivity contribution >= 4 is 0 Å². The standard InChI is InChI=1S/C14H22O4/c1-9(2)18-14-7-12(16-4)11(10(3)8-15)6-13(14)17-5/h6-7,9-10,15H,8H2,1-5H3. The highest BCUT2D eigenvalue weighted by Crippen LogP contribution is 2.38. The van der Waals surface area contributed by atoms with Gasteiger partial charge in [0.25, 0.3) is 0 Å². The first-order valence-electron chi connectivity index (χ1n) is 6.06. The van der Waals surface area contributed by atoms with Gasteiger partial charge in [0.15, 0.2) is 11.5 Å². The quantitative estimate of drug-likeness (QED) is 0.847. The number of rotatable bonds is 6. The molecule has 0 saturated heterocycles. The predicted molar refractivity (Wildman–Crippen MR) is 70.8 cm³/mol. The molecular formula is C14H22O4. The molecule has 4 nitrogen and oxygen atoms in total. The fourth-order valence-corrected chi connectivity index (χ4v) is 1.72. The van der Waals surface area contributed by atoms with Crippen molar-refractivity contribution in [2.24, 2.45) is 0 Å². The second-order valence-corrected chi connectivity index (χ2v) is 4.50. The molecule has 1 atom stereocenters. The van der Waals surface area contributed by atoms with Crippen molar-refractivity contribution in [1.29, 1.82) is 0 Å². The molecule has 1 N–H and O–H groups in total. The van der Waals surface area contributed by atoms with Crippen LogP contribution in [0.1, 0.15) is 32.3 Å². The Bertz CT molecular complexity index is 388. The predicted octanol–water partition coefficient (Wildman–Crippen LogP) is 2.59. The van der Waals surface area contributed by atoms with Crippen molar-refractivity contribution in [3.8, 4) is 17.2 Å². The molecule has 18 heavy (non-hydrogen) atoms. The molecule has 4 heteroatoms. The minimum absolute atomic E-state index is 0.0121. The molecule has 0 fully saturated rings. The van der Waals surface area contributed by atoms with Crippen LogP contribution in [0.4, 0.5) is 0 Å². The van der Waals surface area contributed by atoms with E-state index in [-0.39, 0.29) is 18.6 Å². The molecule has 0 radical (unpaired) electrons. The average molecular weight is 254 g/mol. The van der Waals surface area contributed by atoms with Crippen molar-refractivity contribution in [3.63, 3.8) is 0 Å². The first-order valence-corrected chi connectivity index (χ1v) is 6.06. The summed E-state index contributed by atoms with van der Waals surface area (Å²) in [6, 6.07) is 3.66. The van der Waals surface area contributed by atoms with Crippen LogP contribution < -0.4 is 14.2 Å². The molecule has 102 valence electrons. The second-order valence-electron chi connectivity index (χ2n) is 4.50. The molecule has 0 saturated carbocycles. The first kappa shape index (κ1) is 14.6. The van der Waals surface area contributed by atoms with Gasteiger partial charge >= 0.3 is 0 Å². The molecule has 0 aliphatic heterocycles. The zero-order valence-corrected chi connectivity index (χ0v) is 11.7. The molecule has 0 spiro atoms. The van der Waals surface area contributed by atoms with E-state index >= 15 is 0 Å². The third-order valence-electron chi connectivity index (χ3n) is 2.68. The normalized spacial score (nSPS) is 12.4. The van der Waals surface area contributed by atoms with E-state index in [2.05, 4.69) is 0 Å². The molecular weight excluding hydrogens is 232 g/mol. The van der Waals surface area contributed by atoms with E-state index in [0.717, 1.165) is 5.56 Å². The van der Waals surface area contributed by atoms with Gasteiger partial charge in [0.1, 0.15) is 5.75 Å². The van der Waals surface area contributed by atoms with E-state index in [4.69, 9.17) is 14.2 Å². The topological polar surface area (TPSA) is 47.9 Å². The molecule has 1 aromatic carbocycles. The lowest BCUT2D eigenvalue weighted by molar-refractivity contribution is 0.227. The Morgan fingerprint density at radius 3 is 2.06 bits per heavy atom. The highest BCUT2D eigenvalue weighted by molar-refractivity contribution is 5.52. The Morgan fingerprint density at radius 1 is 1.00 bits per heavy atom. The van der Waals surface area contributed by atoms with E-state index < -0.39 is 0 Å². The van der Waals surface area contributed by atoms with Gasteiger partial charge in [-0.05, 0) is 19.9 Å². The fourth-order valence-electron chi connectivity index (χ4n) is 1.72. The monoisotopic (exact) mass is 254 g/mol. The van der Waals surface area contributed by atoms with Gasteiger partial charge in [-0.3, -0.25) is 0 Å². The molecule has 0 amide bonds. The van der Waals surface area contributed by atoms with Crippen LogP contribution in [0, 0.1) is 0 Å². The van der Waals surface area contributed by atoms with E-state index in [1.165, 1.54) is 0 Å². The summed E-state index contributed by atoms with van der Waals surface area (Å²) in [6.45, 7) is 5.90. The second kappa shape index (κ2) is 6.50. The van der Waals surface area contributed by atoms with Gasteiger partial charge in [0.2, 0.25) is 0 Å². The highest BCUT2D eigenvalue weighted by Gasteiger charge is 2.17. The molecule has 0 aromatic heterocycles. The van der Waals surface area contributed by atoms with Crippen molar-refractivity contribution in [3.05, 3.63) is 17.7 Å². The zero-order valence-electron chi connectivity index (χ0n) is 11.7. The van der Waals surface area contributed by atoms with Crippen molar-refractivity contribution < 1.29 is 19.3 Å². The largest absolute Gasteiger partial charge is 0.496 e. The minimum Gasteiger partial charge on any atom is -0.496 e. The van der Waals surface area contributed by atoms with E-state index in [0.29, 0.717) is 17.2 Å². The van der Waals surface area contributed by atoms with Crippen LogP contribution >= 0.6 is 0 Å². The van der Waals surface area contributed by atoms with Gasteiger partial charge in [-0.25, -0.2) is 0 Å². The minimum atomic E-state index is -0.0121. The number of hydrogen-bond donors (Lipinski definition) is 1. The first-order chi connectivity index (χ1) is 8.53. The summed E-state index contributed by atoms with van der Waals surface area (Å²) in [4.78, 5) is 0. The SMILES string of the molecule is COc1cc(C(C)CO)c(OC)cc1OC(C)C. The summed E-state index contributed by atoms with van der Waals surface area (Å²) in [6.07, 6.45) is 0.0599. The van der Waals surface area contributed by atoms with Gasteiger partial charge in [-0.15, -0.1) is 0 Å². The lowest BCUT2D eigenvalue weighted by Gasteiger charge is -2.19. The lowest BCUT2D eigenvalue weighted by atomic mass is 10.0. The number of aliphatic hydroxyl groups excluding tert-OH is 1. The molecule has 0 heterocycles. The summed E-state index contributed by atoms with van der Waals surface area (Å²) in [5.74, 6) is 1.99. The fraction of sp³-hybridized carbons (Fsp3) is 0.571. The summed E-state index contributed by atoms with van der Waals surface area (Å²) in [5.41, 5.74) is 0.910. The van der Waals surface area contributed by atoms with Crippen molar-refractivity contribution in [2.45, 2.75) is 32.8 Å². The number of ether oxygens (including phenoxy) is 3. The Balaban J connectivity index is 3.23. The molecule has 0 aliphatic carbocycles. The smallest absolute Gasteiger partial charge is 0.165 e. The third-order valence-corrected chi connectivity index (χ3v) is 2.68. The molecule has 1 rings (SSSR count). The Kier molecular flexibility index (Phi) is 5.28. The number of benzene rings is 1. The van der Waals surface area contributed by atoms with Crippen molar-refractivity contribution in [2.75, 3.05) is 20.8 Å². The number of hydrogen-bond acceptors (Lipinski definition) is 4. The summed E-state index contributed by atoms with van der Waals surface area (Å²) < 4.78 is 16.3. The Labute approximate surface area is 108 Å². The highest BCUT2D eigenvalue weighted by atomic mass is 16.5. The molecule has 1 unspecified atom stereocenters. The van der Waals surface area contributed by atoms with Gasteiger partial charge in [-0.2, -0.15) is 0 Å². The summed E-state index contributed by atoms with van der Waals surface area (Å²) >= 11 is 0. The summed E-state index contributed by atoms with van der Waals surface area (Å²) in [7, 11) is 3.21. The van der Waals surface area contributed by atoms with Gasteiger partial charge in [0, 0.05) is 24.2 Å². The van der Waals surface area contributed by atoms with Gasteiger partial charge < -0.3 is 19.3 Å². The van der Waals surface area contributed by atoms with E-state index in [9.17, 15) is 5.11 Å². The molecule has 0 bridgehead atoms. The lowest BCUT2D eigenvalue weighted by Crippen LogP contribution is -2.08. The van der Waals surface area contributed by atoms with Crippen LogP contribution in [0.3, 0.4) is 0 Å². The van der Waals surface area contributed by atoms with Crippen LogP contribution in [0.25, 0.3) is 0 Å². The number of methoxy groups -OCH3 is 2. The molecule has 0 aliphatic rings. The maximum Gasteiger partial charge on any atom is 0.165 e. The number of aliphatic hydroxyl groups is 1. The van der Waals surface area contributed by atoms with Crippen molar-refractivity contribution in [1.82, 2.24) is 0 Å². The van der Waals surface area contributed by atoms with E-state index in [1.807, 2.05) is 26.8 Å². The van der Waals surface area contributed by atoms with Crippen LogP contribution in [0.15, 0.2) is 12.1 Å². The maximum atomic E-state index is 9.26. The average Bonchev–Trinajstić information content (AvgIpc) is 2.36. The Hall–Kier alpha value is -1.42. The van der Waals surface area contributed by atoms with Crippen LogP contribution in [0.5, 0.6) is 17.2 Å². The van der Waals surface area contributed by atoms with Crippen LogP contribution in [-0.2, 0) is 0 Å². The Morgan fingerprint density at radius 2 is 1.61 bits per heavy atom. The van der Waals surface area contributed by atoms with Gasteiger partial charge in [-0.1, -0.05) is 6.92 Å². The maximum absolute atomic E-state index is 9.26. The van der Waals surface area contributed by atoms with E-state index in [1.54, 1.807) is 20.3 Å². The van der Waals surface area contributed by atoms with Gasteiger partial charge in [0.05, 0.1) is 20.3 Å². The summed E-state index contributed by atoms with van der Waals surface area (Å²) in [5, 5.41) is 9.26. The third kappa shape index (κ3) is 3.29. The van der Waals surface area contributed by atoms with Crippen LogP contribution in [0.2, 0.25) is 0 Å².